The Kier molecular flexibility index (Phi) is 3.22. The molecule has 1 aliphatic heterocycles. The Morgan fingerprint density at radius 3 is 2.47 bits per heavy atom. The summed E-state index contributed by atoms with van der Waals surface area (Å²) in [5.41, 5.74) is 1.12. The molecule has 0 bridgehead atoms. The van der Waals surface area contributed by atoms with Crippen LogP contribution < -0.4 is 9.47 Å². The van der Waals surface area contributed by atoms with Crippen LogP contribution in [0.25, 0.3) is 0 Å². The Morgan fingerprint density at radius 2 is 1.82 bits per heavy atom. The molecule has 2 nitrogen and oxygen atoms in total. The molecule has 0 saturated heterocycles. The highest BCUT2D eigenvalue weighted by molar-refractivity contribution is 9.09. The summed E-state index contributed by atoms with van der Waals surface area (Å²) in [4.78, 5) is 0.340. The molecule has 17 heavy (non-hydrogen) atoms. The molecule has 1 saturated carbocycles. The van der Waals surface area contributed by atoms with Gasteiger partial charge in [-0.15, -0.1) is 0 Å². The first-order valence-corrected chi connectivity index (χ1v) is 7.28. The lowest BCUT2D eigenvalue weighted by Gasteiger charge is -2.15. The molecule has 0 N–H and O–H groups in total. The van der Waals surface area contributed by atoms with Gasteiger partial charge in [0.25, 0.3) is 0 Å². The minimum atomic E-state index is 0.340. The van der Waals surface area contributed by atoms with E-state index in [9.17, 15) is 0 Å². The van der Waals surface area contributed by atoms with Gasteiger partial charge >= 0.3 is 0 Å². The van der Waals surface area contributed by atoms with E-state index in [4.69, 9.17) is 21.1 Å². The van der Waals surface area contributed by atoms with Crippen molar-refractivity contribution in [2.24, 2.45) is 5.92 Å². The first-order chi connectivity index (χ1) is 8.25. The summed E-state index contributed by atoms with van der Waals surface area (Å²) in [7, 11) is 0. The first kappa shape index (κ1) is 11.7. The SMILES string of the molecule is Clc1cc2c(cc1C(Br)C1CC1)OCCCO2. The van der Waals surface area contributed by atoms with E-state index in [0.717, 1.165) is 34.4 Å². The summed E-state index contributed by atoms with van der Waals surface area (Å²) in [5.74, 6) is 2.32. The molecule has 1 atom stereocenters. The number of rotatable bonds is 2. The van der Waals surface area contributed by atoms with Gasteiger partial charge in [-0.05, 0) is 30.4 Å². The van der Waals surface area contributed by atoms with Crippen molar-refractivity contribution < 1.29 is 9.47 Å². The predicted molar refractivity (Wildman–Crippen MR) is 71.5 cm³/mol. The van der Waals surface area contributed by atoms with Crippen molar-refractivity contribution >= 4 is 27.5 Å². The Bertz CT molecular complexity index is 432. The van der Waals surface area contributed by atoms with E-state index < -0.39 is 0 Å². The summed E-state index contributed by atoms with van der Waals surface area (Å²) in [6.07, 6.45) is 3.48. The first-order valence-electron chi connectivity index (χ1n) is 5.99. The molecule has 1 unspecified atom stereocenters. The molecule has 0 radical (unpaired) electrons. The molecule has 1 aliphatic carbocycles. The third kappa shape index (κ3) is 2.41. The number of fused-ring (bicyclic) bond motifs is 1. The molecule has 1 aromatic rings. The third-order valence-corrected chi connectivity index (χ3v) is 4.77. The van der Waals surface area contributed by atoms with Gasteiger partial charge < -0.3 is 9.47 Å². The smallest absolute Gasteiger partial charge is 0.162 e. The van der Waals surface area contributed by atoms with Crippen LogP contribution in [0, 0.1) is 5.92 Å². The molecule has 1 fully saturated rings. The molecule has 0 amide bonds. The van der Waals surface area contributed by atoms with E-state index >= 15 is 0 Å². The molecular weight excluding hydrogens is 303 g/mol. The highest BCUT2D eigenvalue weighted by atomic mass is 79.9. The van der Waals surface area contributed by atoms with Crippen LogP contribution in [-0.4, -0.2) is 13.2 Å². The van der Waals surface area contributed by atoms with Crippen LogP contribution in [0.5, 0.6) is 11.5 Å². The van der Waals surface area contributed by atoms with Crippen molar-refractivity contribution in [2.75, 3.05) is 13.2 Å². The second-order valence-corrected chi connectivity index (χ2v) is 6.00. The van der Waals surface area contributed by atoms with Crippen LogP contribution in [0.4, 0.5) is 0 Å². The number of benzene rings is 1. The Hall–Kier alpha value is -0.410. The summed E-state index contributed by atoms with van der Waals surface area (Å²) in [5, 5.41) is 0.767. The molecule has 2 aliphatic rings. The summed E-state index contributed by atoms with van der Waals surface area (Å²) >= 11 is 10.0. The Labute approximate surface area is 114 Å². The zero-order chi connectivity index (χ0) is 11.8. The van der Waals surface area contributed by atoms with Crippen LogP contribution in [0.15, 0.2) is 12.1 Å². The van der Waals surface area contributed by atoms with Gasteiger partial charge in [-0.3, -0.25) is 0 Å². The number of halogens is 2. The fourth-order valence-corrected chi connectivity index (χ4v) is 3.36. The highest BCUT2D eigenvalue weighted by Crippen LogP contribution is 2.50. The quantitative estimate of drug-likeness (QED) is 0.755. The predicted octanol–water partition coefficient (Wildman–Crippen LogP) is 4.35. The summed E-state index contributed by atoms with van der Waals surface area (Å²) < 4.78 is 11.3. The second-order valence-electron chi connectivity index (χ2n) is 4.61. The van der Waals surface area contributed by atoms with E-state index in [1.54, 1.807) is 0 Å². The van der Waals surface area contributed by atoms with Gasteiger partial charge in [0, 0.05) is 22.3 Å². The van der Waals surface area contributed by atoms with E-state index in [2.05, 4.69) is 15.9 Å². The Balaban J connectivity index is 1.96. The molecule has 0 aromatic heterocycles. The number of alkyl halides is 1. The van der Waals surface area contributed by atoms with Crippen molar-refractivity contribution in [1.82, 2.24) is 0 Å². The molecule has 0 spiro atoms. The van der Waals surface area contributed by atoms with E-state index in [-0.39, 0.29) is 0 Å². The van der Waals surface area contributed by atoms with Crippen molar-refractivity contribution in [1.29, 1.82) is 0 Å². The maximum atomic E-state index is 6.32. The van der Waals surface area contributed by atoms with Crippen molar-refractivity contribution in [3.63, 3.8) is 0 Å². The number of hydrogen-bond acceptors (Lipinski definition) is 2. The largest absolute Gasteiger partial charge is 0.490 e. The van der Waals surface area contributed by atoms with Crippen LogP contribution in [0.2, 0.25) is 5.02 Å². The molecule has 3 rings (SSSR count). The van der Waals surface area contributed by atoms with Crippen molar-refractivity contribution in [3.05, 3.63) is 22.7 Å². The topological polar surface area (TPSA) is 18.5 Å². The van der Waals surface area contributed by atoms with Gasteiger partial charge in [-0.2, -0.15) is 0 Å². The second kappa shape index (κ2) is 4.69. The van der Waals surface area contributed by atoms with Gasteiger partial charge in [0.05, 0.1) is 13.2 Å². The summed E-state index contributed by atoms with van der Waals surface area (Å²) in [6.45, 7) is 1.41. The van der Waals surface area contributed by atoms with E-state index in [1.807, 2.05) is 12.1 Å². The lowest BCUT2D eigenvalue weighted by molar-refractivity contribution is 0.297. The van der Waals surface area contributed by atoms with Crippen molar-refractivity contribution in [2.45, 2.75) is 24.1 Å². The van der Waals surface area contributed by atoms with E-state index in [0.29, 0.717) is 18.0 Å². The molecule has 1 aromatic carbocycles. The summed E-state index contributed by atoms with van der Waals surface area (Å²) in [6, 6.07) is 3.91. The Morgan fingerprint density at radius 1 is 1.18 bits per heavy atom. The lowest BCUT2D eigenvalue weighted by atomic mass is 10.1. The fraction of sp³-hybridized carbons (Fsp3) is 0.538. The highest BCUT2D eigenvalue weighted by Gasteiger charge is 2.32. The number of hydrogen-bond donors (Lipinski definition) is 0. The van der Waals surface area contributed by atoms with Gasteiger partial charge in [-0.1, -0.05) is 27.5 Å². The maximum absolute atomic E-state index is 6.32. The average molecular weight is 318 g/mol. The van der Waals surface area contributed by atoms with Crippen LogP contribution in [0.1, 0.15) is 29.7 Å². The minimum absolute atomic E-state index is 0.340. The number of ether oxygens (including phenoxy) is 2. The standard InChI is InChI=1S/C13H14BrClO2/c14-13(8-2-3-8)9-6-11-12(7-10(9)15)17-5-1-4-16-11/h6-8,13H,1-5H2. The minimum Gasteiger partial charge on any atom is -0.490 e. The monoisotopic (exact) mass is 316 g/mol. The molecular formula is C13H14BrClO2. The van der Waals surface area contributed by atoms with E-state index in [1.165, 1.54) is 12.8 Å². The van der Waals surface area contributed by atoms with Crippen LogP contribution in [-0.2, 0) is 0 Å². The van der Waals surface area contributed by atoms with Crippen LogP contribution in [0.3, 0.4) is 0 Å². The zero-order valence-corrected chi connectivity index (χ0v) is 11.8. The van der Waals surface area contributed by atoms with Gasteiger partial charge in [0.2, 0.25) is 0 Å². The van der Waals surface area contributed by atoms with Gasteiger partial charge in [0.1, 0.15) is 0 Å². The molecule has 1 heterocycles. The third-order valence-electron chi connectivity index (χ3n) is 3.20. The lowest BCUT2D eigenvalue weighted by Crippen LogP contribution is -1.98. The maximum Gasteiger partial charge on any atom is 0.162 e. The van der Waals surface area contributed by atoms with Crippen LogP contribution >= 0.6 is 27.5 Å². The fourth-order valence-electron chi connectivity index (χ4n) is 2.05. The van der Waals surface area contributed by atoms with Crippen molar-refractivity contribution in [3.8, 4) is 11.5 Å². The molecule has 4 heteroatoms. The normalized spacial score (nSPS) is 20.8. The average Bonchev–Trinajstić information content (AvgIpc) is 3.14. The van der Waals surface area contributed by atoms with Gasteiger partial charge in [0.15, 0.2) is 11.5 Å². The van der Waals surface area contributed by atoms with Gasteiger partial charge in [-0.25, -0.2) is 0 Å². The molecule has 92 valence electrons. The zero-order valence-electron chi connectivity index (χ0n) is 9.42.